The van der Waals surface area contributed by atoms with Gasteiger partial charge in [0.05, 0.1) is 6.61 Å². The number of nitrogens with zero attached hydrogens (tertiary/aromatic N) is 1. The van der Waals surface area contributed by atoms with E-state index in [2.05, 4.69) is 4.74 Å². The second kappa shape index (κ2) is 4.54. The number of hydrogen-bond donors (Lipinski definition) is 1. The molecule has 5 nitrogen and oxygen atoms in total. The number of aliphatic carboxylic acids is 1. The Labute approximate surface area is 64.6 Å². The molecule has 1 N–H and O–H groups in total. The molecule has 5 heteroatoms. The van der Waals surface area contributed by atoms with E-state index in [0.717, 1.165) is 4.90 Å². The van der Waals surface area contributed by atoms with Crippen molar-refractivity contribution in [2.45, 2.75) is 6.92 Å². The number of amides is 1. The topological polar surface area (TPSA) is 66.8 Å². The highest BCUT2D eigenvalue weighted by Crippen LogP contribution is 1.88. The van der Waals surface area contributed by atoms with Crippen molar-refractivity contribution in [2.24, 2.45) is 0 Å². The number of carbonyl (C=O) groups excluding carboxylic acids is 1. The first-order valence-electron chi connectivity index (χ1n) is 3.17. The van der Waals surface area contributed by atoms with Gasteiger partial charge in [0, 0.05) is 7.05 Å². The number of rotatable bonds is 3. The molecule has 0 aliphatic rings. The summed E-state index contributed by atoms with van der Waals surface area (Å²) in [5, 5.41) is 8.25. The Morgan fingerprint density at radius 1 is 1.55 bits per heavy atom. The standard InChI is InChI=1S/C6H11NO4/c1-3-11-6(10)7(2)4-5(8)9/h3-4H2,1-2H3,(H,8,9). The normalized spacial score (nSPS) is 8.91. The van der Waals surface area contributed by atoms with Crippen molar-refractivity contribution < 1.29 is 19.4 Å². The minimum atomic E-state index is -1.06. The molecule has 0 aromatic rings. The van der Waals surface area contributed by atoms with Crippen LogP contribution < -0.4 is 0 Å². The summed E-state index contributed by atoms with van der Waals surface area (Å²) in [4.78, 5) is 21.8. The van der Waals surface area contributed by atoms with Crippen molar-refractivity contribution in [1.29, 1.82) is 0 Å². The van der Waals surface area contributed by atoms with Crippen molar-refractivity contribution >= 4 is 12.1 Å². The predicted octanol–water partition coefficient (Wildman–Crippen LogP) is 0.159. The molecule has 0 heterocycles. The van der Waals surface area contributed by atoms with Crippen LogP contribution in [0.5, 0.6) is 0 Å². The Bertz CT molecular complexity index is 157. The fraction of sp³-hybridized carbons (Fsp3) is 0.667. The molecule has 0 saturated carbocycles. The smallest absolute Gasteiger partial charge is 0.410 e. The predicted molar refractivity (Wildman–Crippen MR) is 37.3 cm³/mol. The van der Waals surface area contributed by atoms with Gasteiger partial charge in [-0.25, -0.2) is 4.79 Å². The lowest BCUT2D eigenvalue weighted by Crippen LogP contribution is -2.32. The Balaban J connectivity index is 3.73. The monoisotopic (exact) mass is 161 g/mol. The zero-order valence-electron chi connectivity index (χ0n) is 6.53. The van der Waals surface area contributed by atoms with Gasteiger partial charge in [-0.1, -0.05) is 0 Å². The van der Waals surface area contributed by atoms with E-state index in [4.69, 9.17) is 5.11 Å². The molecule has 0 aliphatic heterocycles. The van der Waals surface area contributed by atoms with Crippen LogP contribution in [0.15, 0.2) is 0 Å². The van der Waals surface area contributed by atoms with Gasteiger partial charge in [0.25, 0.3) is 0 Å². The van der Waals surface area contributed by atoms with E-state index in [1.165, 1.54) is 7.05 Å². The molecule has 0 fully saturated rings. The van der Waals surface area contributed by atoms with E-state index in [1.54, 1.807) is 6.92 Å². The number of hydrogen-bond acceptors (Lipinski definition) is 3. The van der Waals surface area contributed by atoms with Crippen molar-refractivity contribution in [3.63, 3.8) is 0 Å². The third kappa shape index (κ3) is 4.19. The zero-order valence-corrected chi connectivity index (χ0v) is 6.53. The molecule has 0 radical (unpaired) electrons. The molecule has 64 valence electrons. The van der Waals surface area contributed by atoms with Crippen LogP contribution in [-0.2, 0) is 9.53 Å². The van der Waals surface area contributed by atoms with Crippen molar-refractivity contribution in [3.05, 3.63) is 0 Å². The Morgan fingerprint density at radius 2 is 2.09 bits per heavy atom. The van der Waals surface area contributed by atoms with Crippen LogP contribution >= 0.6 is 0 Å². The van der Waals surface area contributed by atoms with E-state index in [-0.39, 0.29) is 13.2 Å². The second-order valence-corrected chi connectivity index (χ2v) is 1.95. The van der Waals surface area contributed by atoms with E-state index in [1.807, 2.05) is 0 Å². The van der Waals surface area contributed by atoms with Gasteiger partial charge in [-0.05, 0) is 6.92 Å². The average Bonchev–Trinajstić information content (AvgIpc) is 1.86. The van der Waals surface area contributed by atoms with Crippen molar-refractivity contribution in [2.75, 3.05) is 20.2 Å². The molecule has 0 aliphatic carbocycles. The summed E-state index contributed by atoms with van der Waals surface area (Å²) in [7, 11) is 1.37. The highest BCUT2D eigenvalue weighted by molar-refractivity contribution is 5.76. The number of carboxylic acids is 1. The maximum atomic E-state index is 10.7. The highest BCUT2D eigenvalue weighted by atomic mass is 16.6. The van der Waals surface area contributed by atoms with Crippen LogP contribution in [0, 0.1) is 0 Å². The molecular formula is C6H11NO4. The van der Waals surface area contributed by atoms with Crippen LogP contribution in [0.1, 0.15) is 6.92 Å². The summed E-state index contributed by atoms with van der Waals surface area (Å²) < 4.78 is 4.53. The van der Waals surface area contributed by atoms with Gasteiger partial charge in [-0.2, -0.15) is 0 Å². The van der Waals surface area contributed by atoms with Crippen LogP contribution in [0.3, 0.4) is 0 Å². The van der Waals surface area contributed by atoms with Gasteiger partial charge in [-0.15, -0.1) is 0 Å². The summed E-state index contributed by atoms with van der Waals surface area (Å²) in [6.45, 7) is 1.58. The van der Waals surface area contributed by atoms with E-state index in [9.17, 15) is 9.59 Å². The summed E-state index contributed by atoms with van der Waals surface area (Å²) in [5.74, 6) is -1.06. The van der Waals surface area contributed by atoms with Gasteiger partial charge in [-0.3, -0.25) is 4.79 Å². The molecule has 0 rings (SSSR count). The largest absolute Gasteiger partial charge is 0.480 e. The summed E-state index contributed by atoms with van der Waals surface area (Å²) in [6.07, 6.45) is -0.616. The third-order valence-corrected chi connectivity index (χ3v) is 0.952. The van der Waals surface area contributed by atoms with Gasteiger partial charge < -0.3 is 14.7 Å². The minimum absolute atomic E-state index is 0.253. The van der Waals surface area contributed by atoms with Crippen molar-refractivity contribution in [3.8, 4) is 0 Å². The first-order valence-corrected chi connectivity index (χ1v) is 3.17. The van der Waals surface area contributed by atoms with E-state index >= 15 is 0 Å². The summed E-state index contributed by atoms with van der Waals surface area (Å²) in [5.41, 5.74) is 0. The zero-order chi connectivity index (χ0) is 8.85. The molecule has 0 atom stereocenters. The molecule has 1 amide bonds. The fourth-order valence-corrected chi connectivity index (χ4v) is 0.501. The van der Waals surface area contributed by atoms with Crippen LogP contribution in [0.4, 0.5) is 4.79 Å². The maximum Gasteiger partial charge on any atom is 0.410 e. The molecule has 0 aromatic heterocycles. The lowest BCUT2D eigenvalue weighted by atomic mass is 10.6. The Hall–Kier alpha value is -1.26. The van der Waals surface area contributed by atoms with Gasteiger partial charge in [0.1, 0.15) is 6.54 Å². The fourth-order valence-electron chi connectivity index (χ4n) is 0.501. The molecule has 0 saturated heterocycles. The molecule has 0 unspecified atom stereocenters. The highest BCUT2D eigenvalue weighted by Gasteiger charge is 2.11. The van der Waals surface area contributed by atoms with Gasteiger partial charge in [0.15, 0.2) is 0 Å². The molecule has 0 spiro atoms. The lowest BCUT2D eigenvalue weighted by Gasteiger charge is -2.12. The number of carbonyl (C=O) groups is 2. The number of ether oxygens (including phenoxy) is 1. The lowest BCUT2D eigenvalue weighted by molar-refractivity contribution is -0.137. The van der Waals surface area contributed by atoms with Crippen molar-refractivity contribution in [1.82, 2.24) is 4.90 Å². The van der Waals surface area contributed by atoms with E-state index < -0.39 is 12.1 Å². The van der Waals surface area contributed by atoms with Crippen LogP contribution in [0.25, 0.3) is 0 Å². The molecule has 0 bridgehead atoms. The minimum Gasteiger partial charge on any atom is -0.480 e. The summed E-state index contributed by atoms with van der Waals surface area (Å²) in [6, 6.07) is 0. The SMILES string of the molecule is CCOC(=O)N(C)CC(=O)O. The number of carboxylic acid groups (broad SMARTS) is 1. The summed E-state index contributed by atoms with van der Waals surface area (Å²) >= 11 is 0. The van der Waals surface area contributed by atoms with E-state index in [0.29, 0.717) is 0 Å². The second-order valence-electron chi connectivity index (χ2n) is 1.95. The van der Waals surface area contributed by atoms with Gasteiger partial charge in [0.2, 0.25) is 0 Å². The van der Waals surface area contributed by atoms with Gasteiger partial charge >= 0.3 is 12.1 Å². The third-order valence-electron chi connectivity index (χ3n) is 0.952. The Morgan fingerprint density at radius 3 is 2.45 bits per heavy atom. The molecule has 0 aromatic carbocycles. The van der Waals surface area contributed by atoms with Crippen LogP contribution in [-0.4, -0.2) is 42.3 Å². The first kappa shape index (κ1) is 9.74. The molecular weight excluding hydrogens is 150 g/mol. The van der Waals surface area contributed by atoms with Crippen LogP contribution in [0.2, 0.25) is 0 Å². The maximum absolute atomic E-state index is 10.7. The quantitative estimate of drug-likeness (QED) is 0.640. The Kier molecular flexibility index (Phi) is 4.02. The molecule has 11 heavy (non-hydrogen) atoms. The number of likely N-dealkylation sites (N-methyl/N-ethyl adjacent to an activating group) is 1. The first-order chi connectivity index (χ1) is 5.07. The average molecular weight is 161 g/mol.